The standard InChI is InChI=1S/C58H34OS/c1-2-16-35(17-3-1)53-39-19-4-6-21-41(39)54(42-22-7-5-20-40(42)53)36-32-33-37-47-27-14-29-49(57(47)59-51(37)34-36)55-43-23-8-10-25-45(43)56(46-26-11-9-24-44(46)55)50-30-15-28-48-38-18-12-13-31-52(38)60-58(48)50/h1-34H. The smallest absolute Gasteiger partial charge is 0.143 e. The number of benzene rings is 11. The summed E-state index contributed by atoms with van der Waals surface area (Å²) in [6.45, 7) is 0. The Hall–Kier alpha value is -7.52. The van der Waals surface area contributed by atoms with E-state index >= 15 is 0 Å². The van der Waals surface area contributed by atoms with Gasteiger partial charge < -0.3 is 4.42 Å². The highest BCUT2D eigenvalue weighted by atomic mass is 32.1. The molecule has 2 heterocycles. The Morgan fingerprint density at radius 3 is 1.33 bits per heavy atom. The molecule has 2 aromatic heterocycles. The monoisotopic (exact) mass is 778 g/mol. The molecule has 0 fully saturated rings. The van der Waals surface area contributed by atoms with Crippen LogP contribution in [0.15, 0.2) is 211 Å². The number of thiophene rings is 1. The fourth-order valence-electron chi connectivity index (χ4n) is 10.2. The normalized spacial score (nSPS) is 12.0. The summed E-state index contributed by atoms with van der Waals surface area (Å²) in [6.07, 6.45) is 0. The molecule has 0 atom stereocenters. The summed E-state index contributed by atoms with van der Waals surface area (Å²) in [5, 5.41) is 14.7. The van der Waals surface area contributed by atoms with E-state index in [2.05, 4.69) is 206 Å². The van der Waals surface area contributed by atoms with Crippen molar-refractivity contribution in [2.24, 2.45) is 0 Å². The van der Waals surface area contributed by atoms with Crippen molar-refractivity contribution >= 4 is 96.5 Å². The first-order chi connectivity index (χ1) is 29.8. The van der Waals surface area contributed by atoms with Crippen LogP contribution in [0.1, 0.15) is 0 Å². The minimum Gasteiger partial charge on any atom is -0.455 e. The molecule has 0 unspecified atom stereocenters. The number of fused-ring (bicyclic) bond motifs is 10. The molecule has 2 heteroatoms. The average molecular weight is 779 g/mol. The highest BCUT2D eigenvalue weighted by molar-refractivity contribution is 7.26. The lowest BCUT2D eigenvalue weighted by atomic mass is 9.85. The van der Waals surface area contributed by atoms with Gasteiger partial charge in [0, 0.05) is 47.6 Å². The molecule has 0 aliphatic carbocycles. The van der Waals surface area contributed by atoms with Gasteiger partial charge in [-0.05, 0) is 89.1 Å². The molecule has 60 heavy (non-hydrogen) atoms. The zero-order valence-corrected chi connectivity index (χ0v) is 33.3. The van der Waals surface area contributed by atoms with Crippen molar-refractivity contribution in [1.29, 1.82) is 0 Å². The third-order valence-corrected chi connectivity index (χ3v) is 13.9. The highest BCUT2D eigenvalue weighted by Gasteiger charge is 2.23. The van der Waals surface area contributed by atoms with Gasteiger partial charge in [0.05, 0.1) is 0 Å². The van der Waals surface area contributed by atoms with Crippen molar-refractivity contribution in [3.05, 3.63) is 206 Å². The fourth-order valence-corrected chi connectivity index (χ4v) is 11.4. The van der Waals surface area contributed by atoms with Gasteiger partial charge in [0.25, 0.3) is 0 Å². The number of para-hydroxylation sites is 1. The van der Waals surface area contributed by atoms with Crippen LogP contribution < -0.4 is 0 Å². The average Bonchev–Trinajstić information content (AvgIpc) is 3.89. The van der Waals surface area contributed by atoms with E-state index in [-0.39, 0.29) is 0 Å². The second-order valence-corrected chi connectivity index (χ2v) is 16.9. The van der Waals surface area contributed by atoms with E-state index in [1.165, 1.54) is 96.6 Å². The van der Waals surface area contributed by atoms with E-state index in [1.807, 2.05) is 11.3 Å². The summed E-state index contributed by atoms with van der Waals surface area (Å²) < 4.78 is 9.76. The molecule has 0 saturated heterocycles. The van der Waals surface area contributed by atoms with E-state index in [9.17, 15) is 0 Å². The van der Waals surface area contributed by atoms with Crippen LogP contribution in [0.2, 0.25) is 0 Å². The predicted octanol–water partition coefficient (Wildman–Crippen LogP) is 17.2. The Bertz CT molecular complexity index is 3770. The third kappa shape index (κ3) is 4.80. The van der Waals surface area contributed by atoms with Crippen molar-refractivity contribution in [3.8, 4) is 44.5 Å². The van der Waals surface area contributed by atoms with E-state index in [0.29, 0.717) is 0 Å². The lowest BCUT2D eigenvalue weighted by Gasteiger charge is -2.18. The molecule has 0 aliphatic heterocycles. The highest BCUT2D eigenvalue weighted by Crippen LogP contribution is 2.50. The van der Waals surface area contributed by atoms with Gasteiger partial charge >= 0.3 is 0 Å². The molecule has 278 valence electrons. The second kappa shape index (κ2) is 13.0. The van der Waals surface area contributed by atoms with E-state index in [1.54, 1.807) is 0 Å². The van der Waals surface area contributed by atoms with Crippen LogP contribution in [-0.4, -0.2) is 0 Å². The Morgan fingerprint density at radius 1 is 0.283 bits per heavy atom. The van der Waals surface area contributed by atoms with Gasteiger partial charge in [0.2, 0.25) is 0 Å². The molecule has 1 nitrogen and oxygen atoms in total. The summed E-state index contributed by atoms with van der Waals surface area (Å²) in [7, 11) is 0. The van der Waals surface area contributed by atoms with E-state index in [4.69, 9.17) is 4.42 Å². The SMILES string of the molecule is c1ccc(-c2c3ccccc3c(-c3ccc4c(c3)oc3c(-c5c6ccccc6c(-c6cccc7c6sc6ccccc67)c6ccccc56)cccc34)c3ccccc23)cc1. The molecular weight excluding hydrogens is 745 g/mol. The van der Waals surface area contributed by atoms with E-state index < -0.39 is 0 Å². The van der Waals surface area contributed by atoms with Gasteiger partial charge in [-0.3, -0.25) is 0 Å². The van der Waals surface area contributed by atoms with Gasteiger partial charge in [-0.15, -0.1) is 11.3 Å². The maximum absolute atomic E-state index is 7.12. The lowest BCUT2D eigenvalue weighted by Crippen LogP contribution is -1.91. The van der Waals surface area contributed by atoms with Gasteiger partial charge in [0.15, 0.2) is 0 Å². The largest absolute Gasteiger partial charge is 0.455 e. The number of hydrogen-bond donors (Lipinski definition) is 0. The summed E-state index contributed by atoms with van der Waals surface area (Å²) in [4.78, 5) is 0. The number of rotatable bonds is 4. The van der Waals surface area contributed by atoms with Crippen LogP contribution in [0.4, 0.5) is 0 Å². The maximum Gasteiger partial charge on any atom is 0.143 e. The zero-order valence-electron chi connectivity index (χ0n) is 32.4. The summed E-state index contributed by atoms with van der Waals surface area (Å²) in [6, 6.07) is 75.4. The lowest BCUT2D eigenvalue weighted by molar-refractivity contribution is 0.670. The van der Waals surface area contributed by atoms with Crippen molar-refractivity contribution in [3.63, 3.8) is 0 Å². The second-order valence-electron chi connectivity index (χ2n) is 15.8. The van der Waals surface area contributed by atoms with Crippen LogP contribution in [0.3, 0.4) is 0 Å². The molecule has 13 aromatic rings. The Kier molecular flexibility index (Phi) is 7.24. The summed E-state index contributed by atoms with van der Waals surface area (Å²) in [5.74, 6) is 0. The minimum atomic E-state index is 0.886. The number of hydrogen-bond acceptors (Lipinski definition) is 2. The third-order valence-electron chi connectivity index (χ3n) is 12.7. The van der Waals surface area contributed by atoms with Crippen LogP contribution in [-0.2, 0) is 0 Å². The van der Waals surface area contributed by atoms with Gasteiger partial charge in [-0.2, -0.15) is 0 Å². The molecule has 0 bridgehead atoms. The Balaban J connectivity index is 1.06. The molecule has 11 aromatic carbocycles. The van der Waals surface area contributed by atoms with Crippen molar-refractivity contribution in [1.82, 2.24) is 0 Å². The quantitative estimate of drug-likeness (QED) is 0.162. The number of furan rings is 1. The van der Waals surface area contributed by atoms with Crippen LogP contribution in [0.25, 0.3) is 130 Å². The Labute approximate surface area is 350 Å². The van der Waals surface area contributed by atoms with Gasteiger partial charge in [0.1, 0.15) is 11.2 Å². The maximum atomic E-state index is 7.12. The van der Waals surface area contributed by atoms with Crippen LogP contribution >= 0.6 is 11.3 Å². The molecule has 0 spiro atoms. The first-order valence-electron chi connectivity index (χ1n) is 20.6. The van der Waals surface area contributed by atoms with Gasteiger partial charge in [-0.25, -0.2) is 0 Å². The molecule has 0 amide bonds. The fraction of sp³-hybridized carbons (Fsp3) is 0. The van der Waals surface area contributed by atoms with Crippen LogP contribution in [0, 0.1) is 0 Å². The molecular formula is C58H34OS. The zero-order chi connectivity index (χ0) is 39.3. The summed E-state index contributed by atoms with van der Waals surface area (Å²) >= 11 is 1.89. The minimum absolute atomic E-state index is 0.886. The molecule has 0 N–H and O–H groups in total. The molecule has 0 radical (unpaired) electrons. The molecule has 13 rings (SSSR count). The Morgan fingerprint density at radius 2 is 0.733 bits per heavy atom. The van der Waals surface area contributed by atoms with Crippen molar-refractivity contribution in [2.45, 2.75) is 0 Å². The molecule has 0 saturated carbocycles. The van der Waals surface area contributed by atoms with E-state index in [0.717, 1.165) is 33.1 Å². The van der Waals surface area contributed by atoms with Crippen LogP contribution in [0.5, 0.6) is 0 Å². The first-order valence-corrected chi connectivity index (χ1v) is 21.4. The summed E-state index contributed by atoms with van der Waals surface area (Å²) in [5.41, 5.74) is 11.5. The topological polar surface area (TPSA) is 13.1 Å². The first kappa shape index (κ1) is 33.5. The van der Waals surface area contributed by atoms with Crippen molar-refractivity contribution in [2.75, 3.05) is 0 Å². The van der Waals surface area contributed by atoms with Gasteiger partial charge in [-0.1, -0.05) is 188 Å². The predicted molar refractivity (Wildman–Crippen MR) is 258 cm³/mol. The van der Waals surface area contributed by atoms with Crippen molar-refractivity contribution < 1.29 is 4.42 Å². The molecule has 0 aliphatic rings.